The van der Waals surface area contributed by atoms with E-state index in [1.54, 1.807) is 5.48 Å². The highest BCUT2D eigenvalue weighted by molar-refractivity contribution is 5.92. The Balaban J connectivity index is 1.50. The Morgan fingerprint density at radius 1 is 1.05 bits per heavy atom. The lowest BCUT2D eigenvalue weighted by Crippen LogP contribution is -2.56. The van der Waals surface area contributed by atoms with E-state index in [2.05, 4.69) is 27.0 Å². The lowest BCUT2D eigenvalue weighted by Gasteiger charge is -2.51. The molecular formula is C15H13N5O2. The predicted molar refractivity (Wildman–Crippen MR) is 79.4 cm³/mol. The molecule has 1 aromatic carbocycles. The summed E-state index contributed by atoms with van der Waals surface area (Å²) in [5.41, 5.74) is 5.47. The van der Waals surface area contributed by atoms with Crippen molar-refractivity contribution in [2.45, 2.75) is 0 Å². The highest BCUT2D eigenvalue weighted by Crippen LogP contribution is 2.40. The third-order valence-electron chi connectivity index (χ3n) is 3.91. The number of amides is 1. The Kier molecular flexibility index (Phi) is 2.80. The Bertz CT molecular complexity index is 757. The van der Waals surface area contributed by atoms with E-state index in [4.69, 9.17) is 5.21 Å². The van der Waals surface area contributed by atoms with Gasteiger partial charge in [0.05, 0.1) is 30.0 Å². The van der Waals surface area contributed by atoms with Crippen molar-refractivity contribution < 1.29 is 10.0 Å². The van der Waals surface area contributed by atoms with Crippen molar-refractivity contribution in [3.05, 3.63) is 59.7 Å². The first kappa shape index (κ1) is 12.8. The highest BCUT2D eigenvalue weighted by Gasteiger charge is 2.41. The number of hydrogen-bond donors (Lipinski definition) is 2. The number of para-hydroxylation sites is 1. The third kappa shape index (κ3) is 1.83. The minimum absolute atomic E-state index is 0.223. The van der Waals surface area contributed by atoms with Crippen LogP contribution in [0, 0.1) is 0 Å². The molecule has 2 N–H and O–H groups in total. The summed E-state index contributed by atoms with van der Waals surface area (Å²) in [6, 6.07) is 10.2. The van der Waals surface area contributed by atoms with Crippen LogP contribution in [0.5, 0.6) is 0 Å². The van der Waals surface area contributed by atoms with E-state index in [0.717, 1.165) is 13.1 Å². The van der Waals surface area contributed by atoms with Crippen molar-refractivity contribution in [3.8, 4) is 0 Å². The molecule has 0 aliphatic carbocycles. The number of nitrogens with one attached hydrogen (secondary N) is 1. The molecule has 0 saturated heterocycles. The van der Waals surface area contributed by atoms with Crippen molar-refractivity contribution in [2.24, 2.45) is 0 Å². The van der Waals surface area contributed by atoms with Gasteiger partial charge in [-0.15, -0.1) is 0 Å². The first-order chi connectivity index (χ1) is 10.8. The number of aromatic nitrogens is 2. The Hall–Kier alpha value is -2.93. The van der Waals surface area contributed by atoms with Crippen LogP contribution in [0.1, 0.15) is 10.4 Å². The molecule has 2 aliphatic rings. The van der Waals surface area contributed by atoms with Crippen molar-refractivity contribution in [1.82, 2.24) is 15.4 Å². The molecule has 22 heavy (non-hydrogen) atoms. The van der Waals surface area contributed by atoms with Gasteiger partial charge in [-0.3, -0.25) is 10.0 Å². The van der Waals surface area contributed by atoms with Crippen molar-refractivity contribution >= 4 is 17.5 Å². The molecule has 0 unspecified atom stereocenters. The standard InChI is InChI=1S/C15H13N5O2/c21-14(18-22)10-6-16-15(17-7-10)20-9-12-13(20)8-19(12)11-4-2-1-3-5-11/h1-7,22H,8-9H2,(H,18,21). The van der Waals surface area contributed by atoms with E-state index >= 15 is 0 Å². The number of hydroxylamine groups is 1. The van der Waals surface area contributed by atoms with E-state index in [0.29, 0.717) is 5.95 Å². The molecule has 0 atom stereocenters. The van der Waals surface area contributed by atoms with Crippen LogP contribution in [0.2, 0.25) is 0 Å². The summed E-state index contributed by atoms with van der Waals surface area (Å²) in [5.74, 6) is -0.0464. The van der Waals surface area contributed by atoms with Gasteiger partial charge in [0, 0.05) is 18.1 Å². The fourth-order valence-electron chi connectivity index (χ4n) is 2.66. The minimum Gasteiger partial charge on any atom is -0.336 e. The molecule has 7 nitrogen and oxygen atoms in total. The van der Waals surface area contributed by atoms with Gasteiger partial charge in [-0.05, 0) is 12.1 Å². The van der Waals surface area contributed by atoms with Crippen LogP contribution in [0.4, 0.5) is 11.6 Å². The minimum atomic E-state index is -0.617. The molecule has 1 aromatic heterocycles. The average molecular weight is 295 g/mol. The van der Waals surface area contributed by atoms with E-state index in [1.807, 2.05) is 23.1 Å². The van der Waals surface area contributed by atoms with Gasteiger partial charge in [-0.2, -0.15) is 0 Å². The van der Waals surface area contributed by atoms with Crippen molar-refractivity contribution in [2.75, 3.05) is 22.9 Å². The van der Waals surface area contributed by atoms with Crippen LogP contribution in [-0.2, 0) is 0 Å². The molecule has 0 fully saturated rings. The van der Waals surface area contributed by atoms with Gasteiger partial charge in [-0.25, -0.2) is 15.4 Å². The number of hydrogen-bond acceptors (Lipinski definition) is 6. The summed E-state index contributed by atoms with van der Waals surface area (Å²) in [4.78, 5) is 23.9. The fraction of sp³-hybridized carbons (Fsp3) is 0.133. The maximum Gasteiger partial charge on any atom is 0.277 e. The maximum atomic E-state index is 11.2. The molecule has 2 aliphatic heterocycles. The normalized spacial score (nSPS) is 15.9. The number of piperazine rings is 1. The van der Waals surface area contributed by atoms with E-state index in [-0.39, 0.29) is 5.56 Å². The smallest absolute Gasteiger partial charge is 0.277 e. The van der Waals surface area contributed by atoms with Crippen molar-refractivity contribution in [3.63, 3.8) is 0 Å². The van der Waals surface area contributed by atoms with Crippen LogP contribution in [0.15, 0.2) is 54.1 Å². The number of carbonyl (C=O) groups is 1. The van der Waals surface area contributed by atoms with Crippen LogP contribution in [0.3, 0.4) is 0 Å². The number of nitrogens with zero attached hydrogens (tertiary/aromatic N) is 4. The summed E-state index contributed by atoms with van der Waals surface area (Å²) >= 11 is 0. The summed E-state index contributed by atoms with van der Waals surface area (Å²) in [5, 5.41) is 8.57. The topological polar surface area (TPSA) is 81.6 Å². The zero-order chi connectivity index (χ0) is 15.1. The lowest BCUT2D eigenvalue weighted by molar-refractivity contribution is 0.0705. The van der Waals surface area contributed by atoms with Gasteiger partial charge in [-0.1, -0.05) is 18.2 Å². The van der Waals surface area contributed by atoms with Gasteiger partial charge >= 0.3 is 0 Å². The Morgan fingerprint density at radius 3 is 2.27 bits per heavy atom. The number of anilines is 2. The van der Waals surface area contributed by atoms with Gasteiger partial charge in [0.15, 0.2) is 0 Å². The Labute approximate surface area is 126 Å². The van der Waals surface area contributed by atoms with Gasteiger partial charge in [0.2, 0.25) is 5.95 Å². The second kappa shape index (κ2) is 4.81. The third-order valence-corrected chi connectivity index (χ3v) is 3.91. The molecule has 2 aromatic rings. The highest BCUT2D eigenvalue weighted by atomic mass is 16.5. The molecule has 7 heteroatoms. The van der Waals surface area contributed by atoms with Gasteiger partial charge < -0.3 is 9.80 Å². The number of rotatable bonds is 3. The molecule has 0 saturated carbocycles. The quantitative estimate of drug-likeness (QED) is 0.653. The average Bonchev–Trinajstić information content (AvgIpc) is 2.57. The first-order valence-electron chi connectivity index (χ1n) is 6.86. The van der Waals surface area contributed by atoms with Gasteiger partial charge in [0.1, 0.15) is 0 Å². The second-order valence-corrected chi connectivity index (χ2v) is 5.11. The predicted octanol–water partition coefficient (Wildman–Crippen LogP) is 1.15. The lowest BCUT2D eigenvalue weighted by atomic mass is 10.00. The van der Waals surface area contributed by atoms with E-state index in [9.17, 15) is 4.79 Å². The summed E-state index contributed by atoms with van der Waals surface area (Å²) in [7, 11) is 0. The van der Waals surface area contributed by atoms with Gasteiger partial charge in [0.25, 0.3) is 5.91 Å². The first-order valence-corrected chi connectivity index (χ1v) is 6.86. The molecule has 0 radical (unpaired) electrons. The molecule has 4 rings (SSSR count). The van der Waals surface area contributed by atoms with E-state index < -0.39 is 5.91 Å². The zero-order valence-corrected chi connectivity index (χ0v) is 11.6. The molecular weight excluding hydrogens is 282 g/mol. The SMILES string of the molecule is O=C(NO)c1cnc(N2CC3=C2CN3c2ccccc2)nc1. The molecule has 0 spiro atoms. The van der Waals surface area contributed by atoms with Crippen LogP contribution >= 0.6 is 0 Å². The van der Waals surface area contributed by atoms with Crippen LogP contribution in [-0.4, -0.2) is 34.2 Å². The summed E-state index contributed by atoms with van der Waals surface area (Å²) in [6.07, 6.45) is 2.81. The molecule has 1 amide bonds. The van der Waals surface area contributed by atoms with Crippen LogP contribution in [0.25, 0.3) is 0 Å². The fourth-order valence-corrected chi connectivity index (χ4v) is 2.66. The largest absolute Gasteiger partial charge is 0.336 e. The Morgan fingerprint density at radius 2 is 1.68 bits per heavy atom. The number of carbonyl (C=O) groups excluding carboxylic acids is 1. The molecule has 0 bridgehead atoms. The zero-order valence-electron chi connectivity index (χ0n) is 11.6. The monoisotopic (exact) mass is 295 g/mol. The summed E-state index contributed by atoms with van der Waals surface area (Å²) < 4.78 is 0. The summed E-state index contributed by atoms with van der Waals surface area (Å²) in [6.45, 7) is 1.59. The second-order valence-electron chi connectivity index (χ2n) is 5.11. The van der Waals surface area contributed by atoms with Crippen LogP contribution < -0.4 is 15.3 Å². The van der Waals surface area contributed by atoms with E-state index in [1.165, 1.54) is 29.5 Å². The maximum absolute atomic E-state index is 11.2. The molecule has 3 heterocycles. The number of benzene rings is 1. The van der Waals surface area contributed by atoms with Crippen molar-refractivity contribution in [1.29, 1.82) is 0 Å². The molecule has 110 valence electrons.